The maximum atomic E-state index is 12.4. The van der Waals surface area contributed by atoms with Crippen LogP contribution in [0.3, 0.4) is 0 Å². The van der Waals surface area contributed by atoms with Crippen LogP contribution in [0.1, 0.15) is 41.6 Å². The Morgan fingerprint density at radius 2 is 2.35 bits per heavy atom. The molecule has 0 unspecified atom stereocenters. The molecule has 2 aromatic heterocycles. The monoisotopic (exact) mass is 289 g/mol. The van der Waals surface area contributed by atoms with Crippen molar-refractivity contribution in [3.05, 3.63) is 21.8 Å². The van der Waals surface area contributed by atoms with E-state index in [1.807, 2.05) is 5.38 Å². The van der Waals surface area contributed by atoms with Gasteiger partial charge in [-0.2, -0.15) is 10.3 Å². The van der Waals surface area contributed by atoms with Crippen LogP contribution >= 0.6 is 11.3 Å². The lowest BCUT2D eigenvalue weighted by Gasteiger charge is -2.24. The van der Waals surface area contributed by atoms with Crippen molar-refractivity contribution < 1.29 is 4.79 Å². The number of rotatable bonds is 3. The average molecular weight is 289 g/mol. The number of amides is 1. The van der Waals surface area contributed by atoms with Crippen molar-refractivity contribution >= 4 is 23.1 Å². The highest BCUT2D eigenvalue weighted by Crippen LogP contribution is 2.41. The van der Waals surface area contributed by atoms with Gasteiger partial charge in [0.05, 0.1) is 17.1 Å². The quantitative estimate of drug-likeness (QED) is 0.932. The van der Waals surface area contributed by atoms with E-state index in [-0.39, 0.29) is 5.91 Å². The van der Waals surface area contributed by atoms with Gasteiger partial charge in [0.15, 0.2) is 5.82 Å². The van der Waals surface area contributed by atoms with Crippen molar-refractivity contribution in [2.24, 2.45) is 0 Å². The van der Waals surface area contributed by atoms with Gasteiger partial charge in [-0.15, -0.1) is 16.4 Å². The van der Waals surface area contributed by atoms with E-state index >= 15 is 0 Å². The summed E-state index contributed by atoms with van der Waals surface area (Å²) >= 11 is 1.68. The number of thiazole rings is 1. The minimum absolute atomic E-state index is 0.0625. The van der Waals surface area contributed by atoms with E-state index in [1.54, 1.807) is 16.2 Å². The van der Waals surface area contributed by atoms with Gasteiger partial charge in [0, 0.05) is 17.8 Å². The Morgan fingerprint density at radius 1 is 1.45 bits per heavy atom. The van der Waals surface area contributed by atoms with Gasteiger partial charge < -0.3 is 0 Å². The summed E-state index contributed by atoms with van der Waals surface area (Å²) in [7, 11) is 0. The summed E-state index contributed by atoms with van der Waals surface area (Å²) in [6.45, 7) is 0.720. The Hall–Kier alpha value is -1.76. The molecule has 1 aliphatic carbocycles. The number of carbonyl (C=O) groups excluding carboxylic acids is 1. The van der Waals surface area contributed by atoms with Gasteiger partial charge in [-0.05, 0) is 25.7 Å². The number of carbonyl (C=O) groups is 1. The predicted molar refractivity (Wildman–Crippen MR) is 74.8 cm³/mol. The largest absolute Gasteiger partial charge is 0.293 e. The van der Waals surface area contributed by atoms with Crippen LogP contribution in [0.2, 0.25) is 0 Å². The molecule has 1 fully saturated rings. The average Bonchev–Trinajstić information content (AvgIpc) is 3.00. The van der Waals surface area contributed by atoms with Gasteiger partial charge in [0.25, 0.3) is 0 Å². The van der Waals surface area contributed by atoms with E-state index < -0.39 is 0 Å². The van der Waals surface area contributed by atoms with E-state index in [4.69, 9.17) is 0 Å². The second-order valence-corrected chi connectivity index (χ2v) is 6.26. The highest BCUT2D eigenvalue weighted by molar-refractivity contribution is 7.09. The molecular weight excluding hydrogens is 274 g/mol. The van der Waals surface area contributed by atoms with Gasteiger partial charge in [-0.1, -0.05) is 0 Å². The fourth-order valence-electron chi connectivity index (χ4n) is 2.56. The normalized spacial score (nSPS) is 18.1. The molecule has 1 N–H and O–H groups in total. The molecule has 20 heavy (non-hydrogen) atoms. The molecule has 0 bridgehead atoms. The molecule has 6 nitrogen and oxygen atoms in total. The Morgan fingerprint density at radius 3 is 3.20 bits per heavy atom. The zero-order chi connectivity index (χ0) is 13.5. The first kappa shape index (κ1) is 12.0. The third kappa shape index (κ3) is 2.11. The highest BCUT2D eigenvalue weighted by atomic mass is 32.1. The van der Waals surface area contributed by atoms with E-state index in [1.165, 1.54) is 17.8 Å². The van der Waals surface area contributed by atoms with Crippen molar-refractivity contribution in [3.8, 4) is 0 Å². The SMILES string of the molecule is O=C(Cc1csc(C2CC2)n1)N1CCCc2n[nH]nc21. The first-order valence-electron chi connectivity index (χ1n) is 6.95. The van der Waals surface area contributed by atoms with E-state index in [0.29, 0.717) is 18.2 Å². The number of nitrogens with one attached hydrogen (secondary N) is 1. The molecule has 2 aliphatic rings. The standard InChI is InChI=1S/C13H15N5OS/c19-11(6-9-7-20-13(14-9)8-3-4-8)18-5-1-2-10-12(18)16-17-15-10/h7-8H,1-6H2,(H,15,16,17). The zero-order valence-electron chi connectivity index (χ0n) is 11.0. The molecule has 0 saturated heterocycles. The molecular formula is C13H15N5OS. The Balaban J connectivity index is 1.50. The summed E-state index contributed by atoms with van der Waals surface area (Å²) in [5.74, 6) is 1.41. The third-order valence-corrected chi connectivity index (χ3v) is 4.84. The van der Waals surface area contributed by atoms with Crippen molar-refractivity contribution in [1.29, 1.82) is 0 Å². The van der Waals surface area contributed by atoms with Crippen LogP contribution in [0.4, 0.5) is 5.82 Å². The lowest BCUT2D eigenvalue weighted by molar-refractivity contribution is -0.118. The predicted octanol–water partition coefficient (Wildman–Crippen LogP) is 1.66. The molecule has 2 aromatic rings. The van der Waals surface area contributed by atoms with Crippen LogP contribution in [0, 0.1) is 0 Å². The summed E-state index contributed by atoms with van der Waals surface area (Å²) in [5.41, 5.74) is 1.78. The molecule has 0 spiro atoms. The molecule has 4 rings (SSSR count). The molecule has 104 valence electrons. The number of aromatic nitrogens is 4. The maximum absolute atomic E-state index is 12.4. The molecule has 1 amide bonds. The lowest BCUT2D eigenvalue weighted by atomic mass is 10.1. The molecule has 0 radical (unpaired) electrons. The highest BCUT2D eigenvalue weighted by Gasteiger charge is 2.29. The molecule has 7 heteroatoms. The number of nitrogens with zero attached hydrogens (tertiary/aromatic N) is 4. The fourth-order valence-corrected chi connectivity index (χ4v) is 3.55. The first-order valence-corrected chi connectivity index (χ1v) is 7.83. The van der Waals surface area contributed by atoms with Gasteiger partial charge >= 0.3 is 0 Å². The molecule has 1 saturated carbocycles. The smallest absolute Gasteiger partial charge is 0.234 e. The summed E-state index contributed by atoms with van der Waals surface area (Å²) < 4.78 is 0. The summed E-state index contributed by atoms with van der Waals surface area (Å²) in [5, 5.41) is 14.0. The molecule has 0 atom stereocenters. The number of aromatic amines is 1. The third-order valence-electron chi connectivity index (χ3n) is 3.78. The second-order valence-electron chi connectivity index (χ2n) is 5.37. The minimum Gasteiger partial charge on any atom is -0.293 e. The van der Waals surface area contributed by atoms with E-state index in [9.17, 15) is 4.79 Å². The number of anilines is 1. The van der Waals surface area contributed by atoms with Crippen LogP contribution in [0.25, 0.3) is 0 Å². The van der Waals surface area contributed by atoms with Crippen molar-refractivity contribution in [1.82, 2.24) is 20.4 Å². The minimum atomic E-state index is 0.0625. The second kappa shape index (κ2) is 4.66. The van der Waals surface area contributed by atoms with Crippen LogP contribution in [0.15, 0.2) is 5.38 Å². The zero-order valence-corrected chi connectivity index (χ0v) is 11.8. The van der Waals surface area contributed by atoms with Crippen molar-refractivity contribution in [2.45, 2.75) is 38.0 Å². The van der Waals surface area contributed by atoms with Crippen LogP contribution in [-0.2, 0) is 17.6 Å². The van der Waals surface area contributed by atoms with Crippen LogP contribution < -0.4 is 4.90 Å². The summed E-state index contributed by atoms with van der Waals surface area (Å²) in [6.07, 6.45) is 4.67. The Kier molecular flexibility index (Phi) is 2.80. The Bertz CT molecular complexity index is 645. The fraction of sp³-hybridized carbons (Fsp3) is 0.538. The van der Waals surface area contributed by atoms with Gasteiger partial charge in [0.1, 0.15) is 5.69 Å². The van der Waals surface area contributed by atoms with Crippen molar-refractivity contribution in [2.75, 3.05) is 11.4 Å². The van der Waals surface area contributed by atoms with Crippen LogP contribution in [0.5, 0.6) is 0 Å². The lowest BCUT2D eigenvalue weighted by Crippen LogP contribution is -2.36. The van der Waals surface area contributed by atoms with E-state index in [0.717, 1.165) is 30.8 Å². The number of fused-ring (bicyclic) bond motifs is 1. The number of hydrogen-bond acceptors (Lipinski definition) is 5. The van der Waals surface area contributed by atoms with Gasteiger partial charge in [-0.25, -0.2) is 4.98 Å². The number of aryl methyl sites for hydroxylation is 1. The van der Waals surface area contributed by atoms with Crippen LogP contribution in [-0.4, -0.2) is 32.8 Å². The molecule has 3 heterocycles. The number of hydrogen-bond donors (Lipinski definition) is 1. The Labute approximate surface area is 120 Å². The van der Waals surface area contributed by atoms with E-state index in [2.05, 4.69) is 20.4 Å². The van der Waals surface area contributed by atoms with Crippen molar-refractivity contribution in [3.63, 3.8) is 0 Å². The van der Waals surface area contributed by atoms with Gasteiger partial charge in [0.2, 0.25) is 5.91 Å². The topological polar surface area (TPSA) is 74.8 Å². The molecule has 0 aromatic carbocycles. The summed E-state index contributed by atoms with van der Waals surface area (Å²) in [6, 6.07) is 0. The first-order chi connectivity index (χ1) is 9.81. The van der Waals surface area contributed by atoms with Gasteiger partial charge in [-0.3, -0.25) is 9.69 Å². The maximum Gasteiger partial charge on any atom is 0.234 e. The number of H-pyrrole nitrogens is 1. The molecule has 1 aliphatic heterocycles. The summed E-state index contributed by atoms with van der Waals surface area (Å²) in [4.78, 5) is 18.7.